The first-order valence-corrected chi connectivity index (χ1v) is 3.48. The average Bonchev–Trinajstić information content (AvgIpc) is 1.85. The zero-order valence-electron chi connectivity index (χ0n) is 5.68. The second-order valence-electron chi connectivity index (χ2n) is 1.59. The SMILES string of the molecule is COC(=O)[C@H](Br)NC(C)=O. The third-order valence-electron chi connectivity index (χ3n) is 0.738. The number of methoxy groups -OCH3 is 1. The van der Waals surface area contributed by atoms with E-state index >= 15 is 0 Å². The molecule has 5 heteroatoms. The van der Waals surface area contributed by atoms with Gasteiger partial charge >= 0.3 is 5.97 Å². The molecule has 0 rings (SSSR count). The summed E-state index contributed by atoms with van der Waals surface area (Å²) in [5, 5.41) is 2.30. The molecule has 0 aliphatic heterocycles. The Hall–Kier alpha value is -0.580. The first-order chi connectivity index (χ1) is 4.57. The molecule has 0 aromatic rings. The van der Waals surface area contributed by atoms with Gasteiger partial charge < -0.3 is 10.1 Å². The lowest BCUT2D eigenvalue weighted by Gasteiger charge is -2.06. The van der Waals surface area contributed by atoms with Crippen LogP contribution in [0.15, 0.2) is 0 Å². The van der Waals surface area contributed by atoms with Gasteiger partial charge in [-0.1, -0.05) is 15.9 Å². The molecule has 0 saturated carbocycles. The average molecular weight is 210 g/mol. The van der Waals surface area contributed by atoms with E-state index in [1.54, 1.807) is 0 Å². The fourth-order valence-electron chi connectivity index (χ4n) is 0.341. The van der Waals surface area contributed by atoms with Crippen LogP contribution < -0.4 is 5.32 Å². The predicted octanol–water partition coefficient (Wildman–Crippen LogP) is 0.0165. The molecule has 0 unspecified atom stereocenters. The van der Waals surface area contributed by atoms with Crippen molar-refractivity contribution in [3.63, 3.8) is 0 Å². The maximum absolute atomic E-state index is 10.6. The summed E-state index contributed by atoms with van der Waals surface area (Å²) in [6.07, 6.45) is 0. The quantitative estimate of drug-likeness (QED) is 0.397. The van der Waals surface area contributed by atoms with Crippen LogP contribution in [0.4, 0.5) is 0 Å². The van der Waals surface area contributed by atoms with E-state index in [0.717, 1.165) is 0 Å². The third kappa shape index (κ3) is 3.45. The minimum absolute atomic E-state index is 0.285. The summed E-state index contributed by atoms with van der Waals surface area (Å²) in [5.74, 6) is -0.803. The van der Waals surface area contributed by atoms with E-state index in [0.29, 0.717) is 0 Å². The minimum atomic E-state index is -0.741. The van der Waals surface area contributed by atoms with Gasteiger partial charge in [-0.15, -0.1) is 0 Å². The highest BCUT2D eigenvalue weighted by Crippen LogP contribution is 1.95. The number of hydrogen-bond donors (Lipinski definition) is 1. The molecular formula is C5H8BrNO3. The van der Waals surface area contributed by atoms with Gasteiger partial charge in [0.15, 0.2) is 4.95 Å². The van der Waals surface area contributed by atoms with Gasteiger partial charge in [-0.05, 0) is 0 Å². The minimum Gasteiger partial charge on any atom is -0.467 e. The maximum atomic E-state index is 10.6. The molecule has 0 aliphatic carbocycles. The Morgan fingerprint density at radius 1 is 1.60 bits per heavy atom. The van der Waals surface area contributed by atoms with Gasteiger partial charge in [0.25, 0.3) is 0 Å². The molecule has 0 heterocycles. The molecule has 0 fully saturated rings. The van der Waals surface area contributed by atoms with Crippen LogP contribution >= 0.6 is 15.9 Å². The number of amides is 1. The van der Waals surface area contributed by atoms with Crippen LogP contribution in [-0.2, 0) is 14.3 Å². The highest BCUT2D eigenvalue weighted by Gasteiger charge is 2.14. The van der Waals surface area contributed by atoms with Crippen LogP contribution in [0.2, 0.25) is 0 Å². The number of ether oxygens (including phenoxy) is 1. The molecule has 0 saturated heterocycles. The van der Waals surface area contributed by atoms with Crippen molar-refractivity contribution in [2.24, 2.45) is 0 Å². The van der Waals surface area contributed by atoms with E-state index in [4.69, 9.17) is 0 Å². The van der Waals surface area contributed by atoms with Crippen LogP contribution in [0.25, 0.3) is 0 Å². The standard InChI is InChI=1S/C5H8BrNO3/c1-3(8)7-4(6)5(9)10-2/h4H,1-2H3,(H,7,8)/t4-/m1/s1. The normalized spacial score (nSPS) is 11.9. The Morgan fingerprint density at radius 2 is 2.10 bits per heavy atom. The van der Waals surface area contributed by atoms with E-state index in [2.05, 4.69) is 26.0 Å². The fraction of sp³-hybridized carbons (Fsp3) is 0.600. The monoisotopic (exact) mass is 209 g/mol. The zero-order chi connectivity index (χ0) is 8.15. The van der Waals surface area contributed by atoms with Crippen molar-refractivity contribution < 1.29 is 14.3 Å². The van der Waals surface area contributed by atoms with Gasteiger partial charge in [-0.25, -0.2) is 4.79 Å². The Balaban J connectivity index is 3.72. The van der Waals surface area contributed by atoms with Crippen molar-refractivity contribution in [3.8, 4) is 0 Å². The highest BCUT2D eigenvalue weighted by molar-refractivity contribution is 9.10. The molecule has 1 amide bonds. The number of nitrogens with one attached hydrogen (secondary N) is 1. The number of carbonyl (C=O) groups excluding carboxylic acids is 2. The van der Waals surface area contributed by atoms with Gasteiger partial charge in [0.05, 0.1) is 7.11 Å². The Labute approximate surface area is 67.1 Å². The molecule has 58 valence electrons. The van der Waals surface area contributed by atoms with Crippen LogP contribution in [0.1, 0.15) is 6.92 Å². The van der Waals surface area contributed by atoms with Crippen LogP contribution in [0.3, 0.4) is 0 Å². The summed E-state index contributed by atoms with van der Waals surface area (Å²) >= 11 is 2.90. The summed E-state index contributed by atoms with van der Waals surface area (Å²) in [6, 6.07) is 0. The van der Waals surface area contributed by atoms with Crippen LogP contribution in [-0.4, -0.2) is 23.9 Å². The molecule has 0 spiro atoms. The second-order valence-corrected chi connectivity index (χ2v) is 2.50. The highest BCUT2D eigenvalue weighted by atomic mass is 79.9. The maximum Gasteiger partial charge on any atom is 0.339 e. The molecule has 0 radical (unpaired) electrons. The molecule has 4 nitrogen and oxygen atoms in total. The van der Waals surface area contributed by atoms with Crippen molar-refractivity contribution >= 4 is 27.8 Å². The summed E-state index contributed by atoms with van der Waals surface area (Å²) in [5.41, 5.74) is 0. The molecule has 1 atom stereocenters. The zero-order valence-corrected chi connectivity index (χ0v) is 7.27. The largest absolute Gasteiger partial charge is 0.467 e. The lowest BCUT2D eigenvalue weighted by molar-refractivity contribution is -0.141. The van der Waals surface area contributed by atoms with E-state index in [1.807, 2.05) is 0 Å². The number of alkyl halides is 1. The Kier molecular flexibility index (Phi) is 4.02. The lowest BCUT2D eigenvalue weighted by atomic mass is 10.6. The van der Waals surface area contributed by atoms with E-state index in [1.165, 1.54) is 14.0 Å². The van der Waals surface area contributed by atoms with E-state index in [-0.39, 0.29) is 5.91 Å². The summed E-state index contributed by atoms with van der Waals surface area (Å²) in [4.78, 5) is 20.1. The summed E-state index contributed by atoms with van der Waals surface area (Å²) in [7, 11) is 1.25. The van der Waals surface area contributed by atoms with E-state index in [9.17, 15) is 9.59 Å². The van der Waals surface area contributed by atoms with Crippen molar-refractivity contribution in [2.45, 2.75) is 11.9 Å². The fourth-order valence-corrected chi connectivity index (χ4v) is 0.850. The molecule has 0 aliphatic rings. The third-order valence-corrected chi connectivity index (χ3v) is 1.34. The summed E-state index contributed by atoms with van der Waals surface area (Å²) < 4.78 is 4.31. The van der Waals surface area contributed by atoms with Gasteiger partial charge in [0, 0.05) is 6.92 Å². The molecule has 0 bridgehead atoms. The van der Waals surface area contributed by atoms with Crippen LogP contribution in [0.5, 0.6) is 0 Å². The number of rotatable bonds is 2. The van der Waals surface area contributed by atoms with Crippen molar-refractivity contribution in [2.75, 3.05) is 7.11 Å². The Morgan fingerprint density at radius 3 is 2.40 bits per heavy atom. The van der Waals surface area contributed by atoms with Crippen molar-refractivity contribution in [1.29, 1.82) is 0 Å². The summed E-state index contributed by atoms with van der Waals surface area (Å²) in [6.45, 7) is 1.32. The lowest BCUT2D eigenvalue weighted by Crippen LogP contribution is -2.35. The van der Waals surface area contributed by atoms with Gasteiger partial charge in [-0.3, -0.25) is 4.79 Å². The smallest absolute Gasteiger partial charge is 0.339 e. The van der Waals surface area contributed by atoms with E-state index < -0.39 is 10.9 Å². The first kappa shape index (κ1) is 9.42. The first-order valence-electron chi connectivity index (χ1n) is 2.57. The molecule has 0 aromatic heterocycles. The second kappa shape index (κ2) is 4.27. The molecular weight excluding hydrogens is 202 g/mol. The van der Waals surface area contributed by atoms with Gasteiger partial charge in [0.1, 0.15) is 0 Å². The molecule has 10 heavy (non-hydrogen) atoms. The predicted molar refractivity (Wildman–Crippen MR) is 38.5 cm³/mol. The van der Waals surface area contributed by atoms with Gasteiger partial charge in [0.2, 0.25) is 5.91 Å². The number of hydrogen-bond acceptors (Lipinski definition) is 3. The molecule has 0 aromatic carbocycles. The Bertz CT molecular complexity index is 148. The van der Waals surface area contributed by atoms with Crippen molar-refractivity contribution in [1.82, 2.24) is 5.32 Å². The topological polar surface area (TPSA) is 55.4 Å². The number of halogens is 1. The van der Waals surface area contributed by atoms with Gasteiger partial charge in [-0.2, -0.15) is 0 Å². The van der Waals surface area contributed by atoms with Crippen molar-refractivity contribution in [3.05, 3.63) is 0 Å². The molecule has 1 N–H and O–H groups in total. The number of esters is 1. The van der Waals surface area contributed by atoms with Crippen LogP contribution in [0, 0.1) is 0 Å². The number of carbonyl (C=O) groups is 2.